The summed E-state index contributed by atoms with van der Waals surface area (Å²) in [5.41, 5.74) is 0. The summed E-state index contributed by atoms with van der Waals surface area (Å²) >= 11 is 35.3. The number of rotatable bonds is 0. The van der Waals surface area contributed by atoms with Crippen LogP contribution in [0, 0.1) is 0 Å². The van der Waals surface area contributed by atoms with Crippen LogP contribution in [0.2, 0.25) is 0 Å². The number of hydrogen-bond acceptors (Lipinski definition) is 0. The first-order chi connectivity index (χ1) is 5.46. The normalized spacial score (nSPS) is 41.6. The smallest absolute Gasteiger partial charge is 1.00 e. The molecule has 0 spiro atoms. The average Bonchev–Trinajstić information content (AvgIpc) is 2.08. The average molecular weight is 438 g/mol. The van der Waals surface area contributed by atoms with Crippen LogP contribution in [0.3, 0.4) is 0 Å². The van der Waals surface area contributed by atoms with E-state index in [0.717, 1.165) is 0 Å². The SMILES string of the molecule is Cl[C@H]1[C@H](Cl)[C@@H](Cl)[C@@H](Cl)[C@H](Cl)[C@H]1Cl.O.[Cl-].[Cl-].[Ni+2]. The summed E-state index contributed by atoms with van der Waals surface area (Å²) in [5.74, 6) is 0. The molecule has 1 rings (SSSR count). The molecule has 104 valence electrons. The molecule has 1 aliphatic carbocycles. The topological polar surface area (TPSA) is 31.5 Å². The fraction of sp³-hybridized carbons (Fsp3) is 1.00. The van der Waals surface area contributed by atoms with Crippen LogP contribution in [0.15, 0.2) is 0 Å². The van der Waals surface area contributed by atoms with Crippen molar-refractivity contribution in [2.45, 2.75) is 32.3 Å². The molecule has 1 fully saturated rings. The van der Waals surface area contributed by atoms with Crippen molar-refractivity contribution in [3.63, 3.8) is 0 Å². The van der Waals surface area contributed by atoms with E-state index >= 15 is 0 Å². The molecule has 0 radical (unpaired) electrons. The van der Waals surface area contributed by atoms with Gasteiger partial charge in [-0.15, -0.1) is 69.6 Å². The van der Waals surface area contributed by atoms with Gasteiger partial charge >= 0.3 is 16.5 Å². The first-order valence-corrected chi connectivity index (χ1v) is 5.93. The second-order valence-corrected chi connectivity index (χ2v) is 5.69. The molecule has 0 bridgehead atoms. The molecule has 0 amide bonds. The van der Waals surface area contributed by atoms with Crippen LogP contribution in [0.25, 0.3) is 0 Å². The second-order valence-electron chi connectivity index (χ2n) is 2.67. The predicted molar refractivity (Wildman–Crippen MR) is 61.5 cm³/mol. The van der Waals surface area contributed by atoms with Crippen molar-refractivity contribution < 1.29 is 46.8 Å². The van der Waals surface area contributed by atoms with Crippen molar-refractivity contribution in [1.29, 1.82) is 0 Å². The molecule has 1 saturated carbocycles. The van der Waals surface area contributed by atoms with Gasteiger partial charge in [0.25, 0.3) is 0 Å². The minimum Gasteiger partial charge on any atom is -1.00 e. The van der Waals surface area contributed by atoms with Gasteiger partial charge in [0, 0.05) is 0 Å². The van der Waals surface area contributed by atoms with E-state index in [2.05, 4.69) is 0 Å². The van der Waals surface area contributed by atoms with Crippen LogP contribution >= 0.6 is 69.6 Å². The predicted octanol–water partition coefficient (Wildman–Crippen LogP) is -3.17. The third-order valence-electron chi connectivity index (χ3n) is 1.83. The Morgan fingerprint density at radius 2 is 0.500 bits per heavy atom. The molecule has 0 aromatic carbocycles. The van der Waals surface area contributed by atoms with Crippen LogP contribution in [0.1, 0.15) is 0 Å². The van der Waals surface area contributed by atoms with Gasteiger partial charge in [0.1, 0.15) is 0 Å². The minimum absolute atomic E-state index is 0. The van der Waals surface area contributed by atoms with Crippen molar-refractivity contribution in [3.05, 3.63) is 0 Å². The maximum atomic E-state index is 5.88. The van der Waals surface area contributed by atoms with Crippen LogP contribution < -0.4 is 24.8 Å². The van der Waals surface area contributed by atoms with E-state index in [9.17, 15) is 0 Å². The monoisotopic (exact) mass is 434 g/mol. The molecule has 10 heteroatoms. The number of hydrogen-bond donors (Lipinski definition) is 0. The quantitative estimate of drug-likeness (QED) is 0.282. The third-order valence-corrected chi connectivity index (χ3v) is 5.86. The summed E-state index contributed by atoms with van der Waals surface area (Å²) in [7, 11) is 0. The Morgan fingerprint density at radius 1 is 0.438 bits per heavy atom. The maximum Gasteiger partial charge on any atom is 2.00 e. The van der Waals surface area contributed by atoms with Gasteiger partial charge < -0.3 is 30.3 Å². The Labute approximate surface area is 147 Å². The van der Waals surface area contributed by atoms with Crippen molar-refractivity contribution in [1.82, 2.24) is 0 Å². The molecule has 0 aromatic rings. The molecule has 0 saturated heterocycles. The molecule has 0 aromatic heterocycles. The van der Waals surface area contributed by atoms with E-state index in [1.807, 2.05) is 0 Å². The van der Waals surface area contributed by atoms with Crippen LogP contribution in [0.5, 0.6) is 0 Å². The molecule has 0 atom stereocenters. The van der Waals surface area contributed by atoms with E-state index in [-0.39, 0.29) is 46.8 Å². The van der Waals surface area contributed by atoms with Crippen LogP contribution in [-0.2, 0) is 16.5 Å². The zero-order valence-electron chi connectivity index (χ0n) is 7.30. The zero-order valence-corrected chi connectivity index (χ0v) is 14.3. The van der Waals surface area contributed by atoms with E-state index in [0.29, 0.717) is 0 Å². The third kappa shape index (κ3) is 5.82. The molecular formula is C6H8Cl8NiO. The van der Waals surface area contributed by atoms with Crippen LogP contribution in [0.4, 0.5) is 0 Å². The van der Waals surface area contributed by atoms with Crippen molar-refractivity contribution in [3.8, 4) is 0 Å². The molecule has 16 heavy (non-hydrogen) atoms. The maximum absolute atomic E-state index is 5.88. The fourth-order valence-electron chi connectivity index (χ4n) is 1.05. The Morgan fingerprint density at radius 3 is 0.562 bits per heavy atom. The molecule has 0 aliphatic heterocycles. The zero-order chi connectivity index (χ0) is 9.46. The summed E-state index contributed by atoms with van der Waals surface area (Å²) < 4.78 is 0. The fourth-order valence-corrected chi connectivity index (χ4v) is 3.38. The first kappa shape index (κ1) is 27.2. The standard InChI is InChI=1S/C6H6Cl6.2ClH.Ni.H2O/c7-1-2(8)4(10)6(12)5(11)3(1)9;;;;/h1-6H;2*1H;;1H2/q;;;+2;/p-2/t1-,2-,3-,4+,5+,6+;;;;. The van der Waals surface area contributed by atoms with Gasteiger partial charge in [0.2, 0.25) is 0 Å². The van der Waals surface area contributed by atoms with E-state index < -0.39 is 32.3 Å². The second kappa shape index (κ2) is 11.6. The summed E-state index contributed by atoms with van der Waals surface area (Å²) in [6.45, 7) is 0. The van der Waals surface area contributed by atoms with Gasteiger partial charge in [-0.3, -0.25) is 0 Å². The molecular weight excluding hydrogens is 430 g/mol. The van der Waals surface area contributed by atoms with Gasteiger partial charge in [-0.05, 0) is 0 Å². The van der Waals surface area contributed by atoms with Crippen LogP contribution in [-0.4, -0.2) is 37.7 Å². The van der Waals surface area contributed by atoms with Gasteiger partial charge in [0.05, 0.1) is 32.3 Å². The summed E-state index contributed by atoms with van der Waals surface area (Å²) in [6.07, 6.45) is 0. The Balaban J connectivity index is -0.000000180. The van der Waals surface area contributed by atoms with E-state index in [1.54, 1.807) is 0 Å². The van der Waals surface area contributed by atoms with Gasteiger partial charge in [0.15, 0.2) is 0 Å². The summed E-state index contributed by atoms with van der Waals surface area (Å²) in [4.78, 5) is 0. The Kier molecular flexibility index (Phi) is 19.7. The summed E-state index contributed by atoms with van der Waals surface area (Å²) in [6, 6.07) is 0. The van der Waals surface area contributed by atoms with Crippen molar-refractivity contribution >= 4 is 69.6 Å². The molecule has 2 N–H and O–H groups in total. The van der Waals surface area contributed by atoms with Crippen molar-refractivity contribution in [2.75, 3.05) is 0 Å². The number of halogens is 8. The Hall–Kier alpha value is 2.77. The van der Waals surface area contributed by atoms with Gasteiger partial charge in [-0.2, -0.15) is 0 Å². The number of alkyl halides is 6. The summed E-state index contributed by atoms with van der Waals surface area (Å²) in [5, 5.41) is -2.62. The largest absolute Gasteiger partial charge is 2.00 e. The van der Waals surface area contributed by atoms with E-state index in [4.69, 9.17) is 69.6 Å². The first-order valence-electron chi connectivity index (χ1n) is 3.31. The molecule has 0 unspecified atom stereocenters. The molecule has 1 aliphatic rings. The minimum atomic E-state index is -0.437. The van der Waals surface area contributed by atoms with E-state index in [1.165, 1.54) is 0 Å². The Bertz CT molecular complexity index is 116. The van der Waals surface area contributed by atoms with Gasteiger partial charge in [-0.25, -0.2) is 0 Å². The van der Waals surface area contributed by atoms with Crippen molar-refractivity contribution in [2.24, 2.45) is 0 Å². The molecule has 0 heterocycles. The van der Waals surface area contributed by atoms with Gasteiger partial charge in [-0.1, -0.05) is 0 Å². The molecule has 1 nitrogen and oxygen atoms in total.